The average molecular weight is 309 g/mol. The number of nitrogens with zero attached hydrogens (tertiary/aromatic N) is 3. The largest absolute Gasteiger partial charge is 0.366 e. The highest BCUT2D eigenvalue weighted by Gasteiger charge is 2.30. The summed E-state index contributed by atoms with van der Waals surface area (Å²) in [6, 6.07) is 16.7. The smallest absolute Gasteiger partial charge is 0.241 e. The Bertz CT molecular complexity index is 813. The van der Waals surface area contributed by atoms with Crippen LogP contribution in [0.5, 0.6) is 0 Å². The fourth-order valence-electron chi connectivity index (χ4n) is 3.06. The maximum Gasteiger partial charge on any atom is 0.241 e. The van der Waals surface area contributed by atoms with Gasteiger partial charge < -0.3 is 11.1 Å². The van der Waals surface area contributed by atoms with Crippen molar-refractivity contribution in [2.45, 2.75) is 18.5 Å². The van der Waals surface area contributed by atoms with Gasteiger partial charge in [0.25, 0.3) is 0 Å². The van der Waals surface area contributed by atoms with E-state index in [1.807, 2.05) is 18.2 Å². The fourth-order valence-corrected chi connectivity index (χ4v) is 3.06. The summed E-state index contributed by atoms with van der Waals surface area (Å²) in [4.78, 5) is 4.26. The van der Waals surface area contributed by atoms with Gasteiger partial charge in [0.1, 0.15) is 5.82 Å². The number of nitrogens with one attached hydrogen (secondary N) is 1. The molecule has 0 unspecified atom stereocenters. The second-order valence-corrected chi connectivity index (χ2v) is 5.65. The number of anilines is 2. The number of hydrogen-bond donors (Lipinski definition) is 2. The van der Waals surface area contributed by atoms with Gasteiger partial charge in [0.2, 0.25) is 11.9 Å². The summed E-state index contributed by atoms with van der Waals surface area (Å²) in [5.74, 6) is 0.617. The van der Waals surface area contributed by atoms with E-state index in [-0.39, 0.29) is 23.8 Å². The van der Waals surface area contributed by atoms with Crippen LogP contribution in [0.2, 0.25) is 0 Å². The number of nitrogen functional groups attached to an aromatic ring is 1. The molecule has 0 radical (unpaired) electrons. The Hall–Kier alpha value is -2.89. The van der Waals surface area contributed by atoms with Crippen molar-refractivity contribution in [3.05, 3.63) is 71.5 Å². The minimum absolute atomic E-state index is 0.0399. The van der Waals surface area contributed by atoms with Crippen LogP contribution < -0.4 is 11.1 Å². The molecule has 0 amide bonds. The number of nitrogens with two attached hydrogens (primary N) is 1. The fraction of sp³-hybridized carbons (Fsp3) is 0.176. The summed E-state index contributed by atoms with van der Waals surface area (Å²) < 4.78 is 15.0. The molecule has 0 saturated heterocycles. The molecule has 2 atom stereocenters. The lowest BCUT2D eigenvalue weighted by Gasteiger charge is -2.31. The number of fused-ring (bicyclic) bond motifs is 1. The monoisotopic (exact) mass is 309 g/mol. The van der Waals surface area contributed by atoms with Crippen LogP contribution in [0.3, 0.4) is 0 Å². The molecule has 2 heterocycles. The van der Waals surface area contributed by atoms with Crippen LogP contribution in [0.15, 0.2) is 54.6 Å². The lowest BCUT2D eigenvalue weighted by molar-refractivity contribution is 0.431. The molecular weight excluding hydrogens is 293 g/mol. The maximum atomic E-state index is 13.2. The Morgan fingerprint density at radius 3 is 2.52 bits per heavy atom. The number of halogens is 1. The number of rotatable bonds is 2. The van der Waals surface area contributed by atoms with Gasteiger partial charge in [0.15, 0.2) is 0 Å². The second-order valence-electron chi connectivity index (χ2n) is 5.65. The van der Waals surface area contributed by atoms with Crippen molar-refractivity contribution in [2.75, 3.05) is 11.1 Å². The Kier molecular flexibility index (Phi) is 3.22. The lowest BCUT2D eigenvalue weighted by Crippen LogP contribution is -2.28. The summed E-state index contributed by atoms with van der Waals surface area (Å²) in [7, 11) is 0. The topological polar surface area (TPSA) is 68.8 Å². The highest BCUT2D eigenvalue weighted by molar-refractivity contribution is 5.41. The Morgan fingerprint density at radius 1 is 1.04 bits per heavy atom. The third-order valence-electron chi connectivity index (χ3n) is 4.16. The van der Waals surface area contributed by atoms with E-state index in [1.165, 1.54) is 17.7 Å². The van der Waals surface area contributed by atoms with Crippen molar-refractivity contribution < 1.29 is 4.39 Å². The van der Waals surface area contributed by atoms with Crippen molar-refractivity contribution >= 4 is 11.9 Å². The first-order valence-corrected chi connectivity index (χ1v) is 7.49. The summed E-state index contributed by atoms with van der Waals surface area (Å²) in [5, 5.41) is 7.67. The van der Waals surface area contributed by atoms with Crippen LogP contribution in [0.1, 0.15) is 29.6 Å². The van der Waals surface area contributed by atoms with Crippen LogP contribution in [0, 0.1) is 5.82 Å². The van der Waals surface area contributed by atoms with Crippen molar-refractivity contribution in [3.8, 4) is 0 Å². The van der Waals surface area contributed by atoms with Gasteiger partial charge in [-0.3, -0.25) is 0 Å². The van der Waals surface area contributed by atoms with Crippen LogP contribution in [0.4, 0.5) is 16.3 Å². The van der Waals surface area contributed by atoms with Gasteiger partial charge in [0.05, 0.1) is 12.1 Å². The predicted molar refractivity (Wildman–Crippen MR) is 86.4 cm³/mol. The van der Waals surface area contributed by atoms with Crippen molar-refractivity contribution in [3.63, 3.8) is 0 Å². The molecule has 3 N–H and O–H groups in total. The molecule has 1 aliphatic rings. The first-order valence-electron chi connectivity index (χ1n) is 7.49. The summed E-state index contributed by atoms with van der Waals surface area (Å²) in [6.07, 6.45) is 0.783. The standard InChI is InChI=1S/C17H16FN5/c18-13-8-6-12(7-9-13)15-10-14(11-4-2-1-3-5-11)20-17-21-16(19)22-23(15)17/h1-9,14-15H,10H2,(H3,19,20,21,22)/t14-,15+/m0/s1. The number of hydrogen-bond acceptors (Lipinski definition) is 4. The Labute approximate surface area is 133 Å². The van der Waals surface area contributed by atoms with Gasteiger partial charge in [0, 0.05) is 0 Å². The zero-order chi connectivity index (χ0) is 15.8. The third kappa shape index (κ3) is 2.52. The van der Waals surface area contributed by atoms with E-state index in [9.17, 15) is 4.39 Å². The molecule has 3 aromatic rings. The molecule has 23 heavy (non-hydrogen) atoms. The van der Waals surface area contributed by atoms with Crippen molar-refractivity contribution in [1.29, 1.82) is 0 Å². The van der Waals surface area contributed by atoms with E-state index < -0.39 is 0 Å². The highest BCUT2D eigenvalue weighted by Crippen LogP contribution is 2.37. The van der Waals surface area contributed by atoms with Gasteiger partial charge in [-0.25, -0.2) is 9.07 Å². The molecule has 0 saturated carbocycles. The van der Waals surface area contributed by atoms with Crippen LogP contribution in [-0.2, 0) is 0 Å². The van der Waals surface area contributed by atoms with Crippen LogP contribution in [0.25, 0.3) is 0 Å². The van der Waals surface area contributed by atoms with E-state index in [4.69, 9.17) is 5.73 Å². The van der Waals surface area contributed by atoms with E-state index in [0.717, 1.165) is 12.0 Å². The van der Waals surface area contributed by atoms with Crippen LogP contribution in [-0.4, -0.2) is 14.8 Å². The molecule has 0 bridgehead atoms. The number of aromatic nitrogens is 3. The quantitative estimate of drug-likeness (QED) is 0.763. The molecule has 116 valence electrons. The molecule has 4 rings (SSSR count). The molecular formula is C17H16FN5. The normalized spacial score (nSPS) is 19.9. The molecule has 0 spiro atoms. The van der Waals surface area contributed by atoms with Crippen molar-refractivity contribution in [1.82, 2.24) is 14.8 Å². The molecule has 5 nitrogen and oxygen atoms in total. The zero-order valence-electron chi connectivity index (χ0n) is 12.4. The number of benzene rings is 2. The Morgan fingerprint density at radius 2 is 1.78 bits per heavy atom. The lowest BCUT2D eigenvalue weighted by atomic mass is 9.93. The highest BCUT2D eigenvalue weighted by atomic mass is 19.1. The average Bonchev–Trinajstić information content (AvgIpc) is 2.96. The van der Waals surface area contributed by atoms with E-state index in [2.05, 4.69) is 27.5 Å². The molecule has 0 aliphatic carbocycles. The summed E-state index contributed by atoms with van der Waals surface area (Å²) >= 11 is 0. The summed E-state index contributed by atoms with van der Waals surface area (Å²) in [5.41, 5.74) is 7.92. The van der Waals surface area contributed by atoms with Gasteiger partial charge in [-0.15, -0.1) is 5.10 Å². The summed E-state index contributed by atoms with van der Waals surface area (Å²) in [6.45, 7) is 0. The molecule has 2 aromatic carbocycles. The molecule has 1 aromatic heterocycles. The molecule has 6 heteroatoms. The van der Waals surface area contributed by atoms with Crippen LogP contribution >= 0.6 is 0 Å². The molecule has 1 aliphatic heterocycles. The molecule has 0 fully saturated rings. The first-order chi connectivity index (χ1) is 11.2. The minimum atomic E-state index is -0.249. The van der Waals surface area contributed by atoms with Gasteiger partial charge in [-0.2, -0.15) is 4.98 Å². The van der Waals surface area contributed by atoms with E-state index in [1.54, 1.807) is 16.8 Å². The minimum Gasteiger partial charge on any atom is -0.366 e. The van der Waals surface area contributed by atoms with Gasteiger partial charge in [-0.1, -0.05) is 42.5 Å². The van der Waals surface area contributed by atoms with E-state index in [0.29, 0.717) is 5.95 Å². The van der Waals surface area contributed by atoms with Crippen molar-refractivity contribution in [2.24, 2.45) is 0 Å². The van der Waals surface area contributed by atoms with Gasteiger partial charge in [-0.05, 0) is 29.7 Å². The van der Waals surface area contributed by atoms with E-state index >= 15 is 0 Å². The zero-order valence-corrected chi connectivity index (χ0v) is 12.4. The first kappa shape index (κ1) is 13.8. The maximum absolute atomic E-state index is 13.2. The Balaban J connectivity index is 1.76. The predicted octanol–water partition coefficient (Wildman–Crippen LogP) is 3.15. The second kappa shape index (κ2) is 5.39. The SMILES string of the molecule is Nc1nc2n(n1)[C@@H](c1ccc(F)cc1)C[C@@H](c1ccccc1)N2. The van der Waals surface area contributed by atoms with Gasteiger partial charge >= 0.3 is 0 Å². The third-order valence-corrected chi connectivity index (χ3v) is 4.16.